The molecule has 1 aromatic heterocycles. The molecule has 7 atom stereocenters. The number of hydrogen-bond acceptors (Lipinski definition) is 2. The van der Waals surface area contributed by atoms with Crippen molar-refractivity contribution in [3.63, 3.8) is 0 Å². The van der Waals surface area contributed by atoms with Crippen LogP contribution in [0.3, 0.4) is 0 Å². The molecule has 0 saturated heterocycles. The van der Waals surface area contributed by atoms with Crippen molar-refractivity contribution in [3.05, 3.63) is 47.8 Å². The van der Waals surface area contributed by atoms with Gasteiger partial charge in [0, 0.05) is 12.4 Å². The van der Waals surface area contributed by atoms with E-state index in [2.05, 4.69) is 56.2 Å². The molecule has 2 saturated carbocycles. The second-order valence-electron chi connectivity index (χ2n) is 10.4. The number of rotatable bonds is 2. The highest BCUT2D eigenvalue weighted by molar-refractivity contribution is 5.72. The number of hydrogen-bond donors (Lipinski definition) is 1. The van der Waals surface area contributed by atoms with Crippen LogP contribution in [0.1, 0.15) is 71.3 Å². The van der Waals surface area contributed by atoms with Gasteiger partial charge in [-0.25, -0.2) is 0 Å². The van der Waals surface area contributed by atoms with Crippen molar-refractivity contribution in [1.29, 1.82) is 0 Å². The Morgan fingerprint density at radius 3 is 2.71 bits per heavy atom. The fourth-order valence-electron chi connectivity index (χ4n) is 7.74. The fourth-order valence-corrected chi connectivity index (χ4v) is 7.74. The smallest absolute Gasteiger partial charge is 0.0577 e. The molecule has 2 unspecified atom stereocenters. The Labute approximate surface area is 170 Å². The number of nitrogens with zero attached hydrogens (tertiary/aromatic N) is 1. The maximum Gasteiger partial charge on any atom is 0.0577 e. The van der Waals surface area contributed by atoms with Crippen LogP contribution >= 0.6 is 0 Å². The first-order valence-electron chi connectivity index (χ1n) is 11.5. The van der Waals surface area contributed by atoms with E-state index >= 15 is 0 Å². The van der Waals surface area contributed by atoms with Crippen LogP contribution < -0.4 is 0 Å². The van der Waals surface area contributed by atoms with Gasteiger partial charge in [-0.05, 0) is 96.7 Å². The Bertz CT molecular complexity index is 811. The largest absolute Gasteiger partial charge is 0.393 e. The molecule has 1 N–H and O–H groups in total. The van der Waals surface area contributed by atoms with Crippen molar-refractivity contribution in [2.24, 2.45) is 34.5 Å². The summed E-state index contributed by atoms with van der Waals surface area (Å²) >= 11 is 0. The summed E-state index contributed by atoms with van der Waals surface area (Å²) in [7, 11) is 0. The maximum absolute atomic E-state index is 10.3. The molecule has 0 aliphatic heterocycles. The van der Waals surface area contributed by atoms with Crippen molar-refractivity contribution >= 4 is 5.57 Å². The highest BCUT2D eigenvalue weighted by Crippen LogP contribution is 2.67. The van der Waals surface area contributed by atoms with Crippen LogP contribution in [0.15, 0.2) is 42.3 Å². The molecule has 2 heteroatoms. The molecule has 5 rings (SSSR count). The molecule has 0 spiro atoms. The first-order chi connectivity index (χ1) is 13.5. The number of aliphatic hydroxyl groups is 1. The summed E-state index contributed by atoms with van der Waals surface area (Å²) < 4.78 is 0. The van der Waals surface area contributed by atoms with Crippen molar-refractivity contribution < 1.29 is 5.11 Å². The molecule has 1 aromatic rings. The summed E-state index contributed by atoms with van der Waals surface area (Å²) in [6.45, 7) is 7.44. The monoisotopic (exact) mass is 377 g/mol. The third-order valence-electron chi connectivity index (χ3n) is 9.27. The second kappa shape index (κ2) is 6.55. The zero-order chi connectivity index (χ0) is 19.5. The Hall–Kier alpha value is -1.41. The van der Waals surface area contributed by atoms with E-state index in [0.29, 0.717) is 11.3 Å². The van der Waals surface area contributed by atoms with E-state index in [1.807, 2.05) is 6.20 Å². The van der Waals surface area contributed by atoms with Crippen LogP contribution in [0.25, 0.3) is 5.57 Å². The van der Waals surface area contributed by atoms with Crippen LogP contribution in [0, 0.1) is 34.5 Å². The number of allylic oxidation sites excluding steroid dienone is 3. The van der Waals surface area contributed by atoms with Crippen LogP contribution in [0.2, 0.25) is 0 Å². The Morgan fingerprint density at radius 2 is 1.96 bits per heavy atom. The molecule has 0 aromatic carbocycles. The number of aliphatic hydroxyl groups excluding tert-OH is 1. The van der Waals surface area contributed by atoms with Crippen molar-refractivity contribution in [1.82, 2.24) is 4.98 Å². The highest BCUT2D eigenvalue weighted by atomic mass is 16.3. The fraction of sp³-hybridized carbons (Fsp3) is 0.654. The zero-order valence-corrected chi connectivity index (χ0v) is 17.7. The van der Waals surface area contributed by atoms with Gasteiger partial charge in [0.05, 0.1) is 6.10 Å². The van der Waals surface area contributed by atoms with E-state index in [1.165, 1.54) is 37.7 Å². The van der Waals surface area contributed by atoms with Crippen LogP contribution in [0.4, 0.5) is 0 Å². The molecular weight excluding hydrogens is 342 g/mol. The second-order valence-corrected chi connectivity index (χ2v) is 10.4. The van der Waals surface area contributed by atoms with Gasteiger partial charge in [-0.3, -0.25) is 4.98 Å². The van der Waals surface area contributed by atoms with Gasteiger partial charge in [0.25, 0.3) is 0 Å². The van der Waals surface area contributed by atoms with E-state index in [1.54, 1.807) is 11.1 Å². The van der Waals surface area contributed by atoms with E-state index < -0.39 is 0 Å². The molecule has 1 heterocycles. The molecule has 4 aliphatic carbocycles. The average Bonchev–Trinajstić information content (AvgIpc) is 3.06. The Morgan fingerprint density at radius 1 is 1.14 bits per heavy atom. The summed E-state index contributed by atoms with van der Waals surface area (Å²) in [5, 5.41) is 10.3. The number of aromatic nitrogens is 1. The molecule has 2 fully saturated rings. The predicted octanol–water partition coefficient (Wildman–Crippen LogP) is 6.03. The van der Waals surface area contributed by atoms with Gasteiger partial charge >= 0.3 is 0 Å². The standard InChI is InChI=1S/C26H35NO/c1-4-17-14-19-15-20(28)9-11-25(19,2)23-10-12-26(3)21(7-8-22(26)24(17)23)18-6-5-13-27-16-18/h5-7,13-14,16-17,20,22-24,28H,4,8-12,15H2,1-3H3/t17?,20?,22-,23-,24-,25-,26+/m0/s1. The minimum atomic E-state index is -0.118. The Kier molecular flexibility index (Phi) is 4.36. The lowest BCUT2D eigenvalue weighted by molar-refractivity contribution is -0.0464. The van der Waals surface area contributed by atoms with Gasteiger partial charge in [-0.1, -0.05) is 44.6 Å². The summed E-state index contributed by atoms with van der Waals surface area (Å²) in [5.41, 5.74) is 5.07. The average molecular weight is 378 g/mol. The van der Waals surface area contributed by atoms with E-state index in [-0.39, 0.29) is 11.5 Å². The van der Waals surface area contributed by atoms with Gasteiger partial charge in [-0.2, -0.15) is 0 Å². The summed E-state index contributed by atoms with van der Waals surface area (Å²) in [4.78, 5) is 4.41. The molecule has 28 heavy (non-hydrogen) atoms. The molecule has 150 valence electrons. The van der Waals surface area contributed by atoms with E-state index in [4.69, 9.17) is 0 Å². The quantitative estimate of drug-likeness (QED) is 0.638. The SMILES string of the molecule is CCC1C=C2CC(O)CC[C@]2(C)[C@H]2CC[C@]3(C)C(c4cccnc4)=CC[C@H]3[C@H]12. The zero-order valence-electron chi connectivity index (χ0n) is 17.7. The first kappa shape index (κ1) is 18.6. The van der Waals surface area contributed by atoms with Crippen molar-refractivity contribution in [3.8, 4) is 0 Å². The number of pyridine rings is 1. The van der Waals surface area contributed by atoms with Gasteiger partial charge in [0.1, 0.15) is 0 Å². The van der Waals surface area contributed by atoms with Crippen LogP contribution in [0.5, 0.6) is 0 Å². The maximum atomic E-state index is 10.3. The van der Waals surface area contributed by atoms with Crippen molar-refractivity contribution in [2.75, 3.05) is 0 Å². The van der Waals surface area contributed by atoms with Crippen LogP contribution in [-0.2, 0) is 0 Å². The molecule has 0 bridgehead atoms. The minimum Gasteiger partial charge on any atom is -0.393 e. The van der Waals surface area contributed by atoms with Crippen LogP contribution in [-0.4, -0.2) is 16.2 Å². The Balaban J connectivity index is 1.53. The molecule has 2 nitrogen and oxygen atoms in total. The van der Waals surface area contributed by atoms with Gasteiger partial charge in [-0.15, -0.1) is 0 Å². The summed E-state index contributed by atoms with van der Waals surface area (Å²) in [5.74, 6) is 2.97. The normalized spacial score (nSPS) is 44.8. The van der Waals surface area contributed by atoms with E-state index in [9.17, 15) is 5.11 Å². The third kappa shape index (κ3) is 2.53. The molecule has 0 radical (unpaired) electrons. The predicted molar refractivity (Wildman–Crippen MR) is 114 cm³/mol. The minimum absolute atomic E-state index is 0.118. The lowest BCUT2D eigenvalue weighted by Gasteiger charge is -2.60. The summed E-state index contributed by atoms with van der Waals surface area (Å²) in [6.07, 6.45) is 17.1. The lowest BCUT2D eigenvalue weighted by atomic mass is 9.45. The topological polar surface area (TPSA) is 33.1 Å². The molecular formula is C26H35NO. The van der Waals surface area contributed by atoms with Gasteiger partial charge in [0.15, 0.2) is 0 Å². The number of fused-ring (bicyclic) bond motifs is 5. The lowest BCUT2D eigenvalue weighted by Crippen LogP contribution is -2.52. The van der Waals surface area contributed by atoms with Gasteiger partial charge in [0.2, 0.25) is 0 Å². The summed E-state index contributed by atoms with van der Waals surface area (Å²) in [6, 6.07) is 4.33. The van der Waals surface area contributed by atoms with E-state index in [0.717, 1.165) is 30.6 Å². The highest BCUT2D eigenvalue weighted by Gasteiger charge is 2.58. The molecule has 0 amide bonds. The molecule has 4 aliphatic rings. The first-order valence-corrected chi connectivity index (χ1v) is 11.5. The van der Waals surface area contributed by atoms with Gasteiger partial charge < -0.3 is 5.11 Å². The van der Waals surface area contributed by atoms with Crippen molar-refractivity contribution in [2.45, 2.75) is 71.8 Å². The third-order valence-corrected chi connectivity index (χ3v) is 9.27.